The highest BCUT2D eigenvalue weighted by atomic mass is 19.4. The van der Waals surface area contributed by atoms with Crippen LogP contribution in [0.5, 0.6) is 5.75 Å². The van der Waals surface area contributed by atoms with Crippen LogP contribution in [0, 0.1) is 20.8 Å². The van der Waals surface area contributed by atoms with Crippen molar-refractivity contribution in [3.05, 3.63) is 53.1 Å². The van der Waals surface area contributed by atoms with Gasteiger partial charge in [0, 0.05) is 5.56 Å². The highest BCUT2D eigenvalue weighted by Gasteiger charge is 2.32. The third kappa shape index (κ3) is 3.32. The van der Waals surface area contributed by atoms with Crippen LogP contribution in [0.4, 0.5) is 13.2 Å². The molecule has 0 amide bonds. The van der Waals surface area contributed by atoms with E-state index >= 15 is 0 Å². The second-order valence-electron chi connectivity index (χ2n) is 4.87. The lowest BCUT2D eigenvalue weighted by Crippen LogP contribution is -2.17. The normalized spacial score (nSPS) is 11.5. The Bertz CT molecular complexity index is 630. The Hall–Kier alpha value is -1.97. The molecule has 0 saturated heterocycles. The maximum absolute atomic E-state index is 12.5. The Morgan fingerprint density at radius 3 is 1.90 bits per heavy atom. The van der Waals surface area contributed by atoms with Gasteiger partial charge in [-0.25, -0.2) is 0 Å². The Kier molecular flexibility index (Phi) is 3.75. The Balaban J connectivity index is 2.55. The summed E-state index contributed by atoms with van der Waals surface area (Å²) in [5, 5.41) is 0. The molecule has 2 aromatic carbocycles. The smallest absolute Gasteiger partial charge is 0.405 e. The largest absolute Gasteiger partial charge is 0.573 e. The summed E-state index contributed by atoms with van der Waals surface area (Å²) in [5.74, 6) is -0.163. The average Bonchev–Trinajstić information content (AvgIpc) is 2.28. The number of halogens is 3. The molecule has 106 valence electrons. The van der Waals surface area contributed by atoms with E-state index < -0.39 is 6.36 Å². The number of ether oxygens (including phenoxy) is 1. The predicted octanol–water partition coefficient (Wildman–Crippen LogP) is 5.18. The van der Waals surface area contributed by atoms with Crippen LogP contribution in [0.3, 0.4) is 0 Å². The average molecular weight is 280 g/mol. The third-order valence-electron chi connectivity index (χ3n) is 3.03. The van der Waals surface area contributed by atoms with Crippen LogP contribution in [0.25, 0.3) is 11.1 Å². The van der Waals surface area contributed by atoms with Crippen molar-refractivity contribution in [2.45, 2.75) is 27.1 Å². The van der Waals surface area contributed by atoms with Crippen LogP contribution in [0.1, 0.15) is 16.7 Å². The van der Waals surface area contributed by atoms with Crippen molar-refractivity contribution < 1.29 is 17.9 Å². The summed E-state index contributed by atoms with van der Waals surface area (Å²) in [7, 11) is 0. The van der Waals surface area contributed by atoms with E-state index in [2.05, 4.69) is 4.74 Å². The van der Waals surface area contributed by atoms with Gasteiger partial charge >= 0.3 is 6.36 Å². The Morgan fingerprint density at radius 2 is 1.35 bits per heavy atom. The van der Waals surface area contributed by atoms with E-state index in [0.29, 0.717) is 5.56 Å². The van der Waals surface area contributed by atoms with E-state index in [-0.39, 0.29) is 5.75 Å². The molecule has 2 rings (SSSR count). The number of aryl methyl sites for hydroxylation is 3. The number of benzene rings is 2. The zero-order valence-corrected chi connectivity index (χ0v) is 11.5. The number of hydrogen-bond acceptors (Lipinski definition) is 1. The van der Waals surface area contributed by atoms with E-state index in [0.717, 1.165) is 22.3 Å². The molecule has 0 spiro atoms. The molecule has 0 radical (unpaired) electrons. The van der Waals surface area contributed by atoms with Crippen LogP contribution in [-0.2, 0) is 0 Å². The first-order valence-corrected chi connectivity index (χ1v) is 6.20. The summed E-state index contributed by atoms with van der Waals surface area (Å²) in [6.07, 6.45) is -4.69. The van der Waals surface area contributed by atoms with Crippen molar-refractivity contribution in [1.82, 2.24) is 0 Å². The second kappa shape index (κ2) is 5.19. The van der Waals surface area contributed by atoms with Crippen LogP contribution >= 0.6 is 0 Å². The van der Waals surface area contributed by atoms with Gasteiger partial charge in [0.25, 0.3) is 0 Å². The summed E-state index contributed by atoms with van der Waals surface area (Å²) in [5.41, 5.74) is 3.90. The SMILES string of the molecule is Cc1ccc(-c2ccc(C)cc2OC(F)(F)F)c(C)c1. The van der Waals surface area contributed by atoms with Crippen molar-refractivity contribution in [1.29, 1.82) is 0 Å². The fraction of sp³-hybridized carbons (Fsp3) is 0.250. The monoisotopic (exact) mass is 280 g/mol. The minimum absolute atomic E-state index is 0.163. The molecule has 0 atom stereocenters. The fourth-order valence-electron chi connectivity index (χ4n) is 2.18. The maximum Gasteiger partial charge on any atom is 0.573 e. The summed E-state index contributed by atoms with van der Waals surface area (Å²) >= 11 is 0. The molecule has 0 aliphatic carbocycles. The summed E-state index contributed by atoms with van der Waals surface area (Å²) in [6.45, 7) is 5.55. The van der Waals surface area contributed by atoms with Crippen molar-refractivity contribution in [2.75, 3.05) is 0 Å². The van der Waals surface area contributed by atoms with Gasteiger partial charge in [0.2, 0.25) is 0 Å². The zero-order valence-electron chi connectivity index (χ0n) is 11.5. The molecule has 1 nitrogen and oxygen atoms in total. The third-order valence-corrected chi connectivity index (χ3v) is 3.03. The van der Waals surface area contributed by atoms with Crippen molar-refractivity contribution in [2.24, 2.45) is 0 Å². The van der Waals surface area contributed by atoms with Gasteiger partial charge in [-0.3, -0.25) is 0 Å². The van der Waals surface area contributed by atoms with Crippen molar-refractivity contribution >= 4 is 0 Å². The van der Waals surface area contributed by atoms with Gasteiger partial charge in [0.15, 0.2) is 0 Å². The molecule has 0 unspecified atom stereocenters. The predicted molar refractivity (Wildman–Crippen MR) is 72.8 cm³/mol. The van der Waals surface area contributed by atoms with Crippen molar-refractivity contribution in [3.8, 4) is 16.9 Å². The van der Waals surface area contributed by atoms with E-state index in [1.165, 1.54) is 6.07 Å². The van der Waals surface area contributed by atoms with Gasteiger partial charge in [-0.1, -0.05) is 35.9 Å². The summed E-state index contributed by atoms with van der Waals surface area (Å²) < 4.78 is 41.7. The minimum atomic E-state index is -4.69. The zero-order chi connectivity index (χ0) is 14.9. The summed E-state index contributed by atoms with van der Waals surface area (Å²) in [6, 6.07) is 10.5. The van der Waals surface area contributed by atoms with E-state index in [9.17, 15) is 13.2 Å². The van der Waals surface area contributed by atoms with Gasteiger partial charge in [-0.05, 0) is 43.5 Å². The number of hydrogen-bond donors (Lipinski definition) is 0. The minimum Gasteiger partial charge on any atom is -0.405 e. The molecule has 0 aromatic heterocycles. The molecule has 0 aliphatic heterocycles. The van der Waals surface area contributed by atoms with E-state index in [1.807, 2.05) is 32.0 Å². The highest BCUT2D eigenvalue weighted by Crippen LogP contribution is 2.36. The molecule has 2 aromatic rings. The van der Waals surface area contributed by atoms with Gasteiger partial charge in [-0.2, -0.15) is 0 Å². The quantitative estimate of drug-likeness (QED) is 0.736. The molecule has 20 heavy (non-hydrogen) atoms. The fourth-order valence-corrected chi connectivity index (χ4v) is 2.18. The molecule has 0 heterocycles. The van der Waals surface area contributed by atoms with Gasteiger partial charge < -0.3 is 4.74 Å². The number of rotatable bonds is 2. The molecule has 0 aliphatic rings. The van der Waals surface area contributed by atoms with Crippen molar-refractivity contribution in [3.63, 3.8) is 0 Å². The molecule has 0 fully saturated rings. The molecular weight excluding hydrogens is 265 g/mol. The lowest BCUT2D eigenvalue weighted by Gasteiger charge is -2.15. The van der Waals surface area contributed by atoms with Gasteiger partial charge in [0.1, 0.15) is 5.75 Å². The topological polar surface area (TPSA) is 9.23 Å². The van der Waals surface area contributed by atoms with E-state index in [4.69, 9.17) is 0 Å². The van der Waals surface area contributed by atoms with Crippen LogP contribution in [0.15, 0.2) is 36.4 Å². The van der Waals surface area contributed by atoms with E-state index in [1.54, 1.807) is 19.1 Å². The first-order valence-electron chi connectivity index (χ1n) is 6.20. The second-order valence-corrected chi connectivity index (χ2v) is 4.87. The Morgan fingerprint density at radius 1 is 0.800 bits per heavy atom. The van der Waals surface area contributed by atoms with Crippen LogP contribution in [-0.4, -0.2) is 6.36 Å². The van der Waals surface area contributed by atoms with Gasteiger partial charge in [-0.15, -0.1) is 13.2 Å². The first kappa shape index (κ1) is 14.4. The van der Waals surface area contributed by atoms with Crippen LogP contribution < -0.4 is 4.74 Å². The first-order chi connectivity index (χ1) is 9.26. The number of alkyl halides is 3. The highest BCUT2D eigenvalue weighted by molar-refractivity contribution is 5.74. The molecular formula is C16H15F3O. The molecule has 0 bridgehead atoms. The van der Waals surface area contributed by atoms with Crippen LogP contribution in [0.2, 0.25) is 0 Å². The van der Waals surface area contributed by atoms with Gasteiger partial charge in [0.05, 0.1) is 0 Å². The lowest BCUT2D eigenvalue weighted by atomic mass is 9.97. The Labute approximate surface area is 116 Å². The summed E-state index contributed by atoms with van der Waals surface area (Å²) in [4.78, 5) is 0. The maximum atomic E-state index is 12.5. The lowest BCUT2D eigenvalue weighted by molar-refractivity contribution is -0.274. The molecule has 4 heteroatoms. The molecule has 0 N–H and O–H groups in total. The standard InChI is InChI=1S/C16H15F3O/c1-10-4-6-13(12(3)8-10)14-7-5-11(2)9-15(14)20-16(17,18)19/h4-9H,1-3H3. The molecule has 0 saturated carbocycles.